The van der Waals surface area contributed by atoms with Crippen LogP contribution in [0.3, 0.4) is 0 Å². The van der Waals surface area contributed by atoms with E-state index in [1.807, 2.05) is 0 Å². The van der Waals surface area contributed by atoms with Crippen LogP contribution < -0.4 is 5.32 Å². The van der Waals surface area contributed by atoms with Crippen molar-refractivity contribution in [3.63, 3.8) is 0 Å². The Bertz CT molecular complexity index is 438. The second-order valence-corrected chi connectivity index (χ2v) is 5.23. The number of anilines is 1. The molecule has 0 aliphatic carbocycles. The molecule has 1 aromatic carbocycles. The quantitative estimate of drug-likeness (QED) is 0.550. The highest BCUT2D eigenvalue weighted by Crippen LogP contribution is 2.26. The largest absolute Gasteiger partial charge is 0.324 e. The average molecular weight is 334 g/mol. The van der Waals surface area contributed by atoms with Crippen LogP contribution >= 0.6 is 15.9 Å². The van der Waals surface area contributed by atoms with Crippen molar-refractivity contribution in [1.29, 1.82) is 0 Å². The van der Waals surface area contributed by atoms with Crippen molar-refractivity contribution in [3.8, 4) is 0 Å². The molecule has 1 aromatic rings. The number of carbonyl (C=O) groups is 1. The van der Waals surface area contributed by atoms with E-state index in [0.29, 0.717) is 6.42 Å². The number of hydrogen-bond donors (Lipinski definition) is 1. The van der Waals surface area contributed by atoms with E-state index in [0.717, 1.165) is 31.7 Å². The summed E-state index contributed by atoms with van der Waals surface area (Å²) in [5.41, 5.74) is 0.00633. The fourth-order valence-corrected chi connectivity index (χ4v) is 2.07. The van der Waals surface area contributed by atoms with Gasteiger partial charge in [-0.15, -0.1) is 0 Å². The second kappa shape index (κ2) is 8.25. The number of nitrogens with one attached hydrogen (secondary N) is 1. The smallest absolute Gasteiger partial charge is 0.224 e. The molecule has 5 heteroatoms. The minimum Gasteiger partial charge on any atom is -0.324 e. The highest BCUT2D eigenvalue weighted by Gasteiger charge is 2.13. The number of hydrogen-bond acceptors (Lipinski definition) is 1. The summed E-state index contributed by atoms with van der Waals surface area (Å²) in [6.45, 7) is 2.13. The van der Waals surface area contributed by atoms with Crippen LogP contribution in [0.15, 0.2) is 16.6 Å². The highest BCUT2D eigenvalue weighted by molar-refractivity contribution is 9.10. The zero-order chi connectivity index (χ0) is 14.3. The maximum Gasteiger partial charge on any atom is 0.224 e. The Balaban J connectivity index is 2.42. The van der Waals surface area contributed by atoms with Crippen molar-refractivity contribution < 1.29 is 13.6 Å². The lowest BCUT2D eigenvalue weighted by Gasteiger charge is -2.08. The fourth-order valence-electron chi connectivity index (χ4n) is 1.72. The molecule has 19 heavy (non-hydrogen) atoms. The van der Waals surface area contributed by atoms with Gasteiger partial charge in [-0.2, -0.15) is 0 Å². The summed E-state index contributed by atoms with van der Waals surface area (Å²) in [7, 11) is 0. The standard InChI is InChI=1S/C14H18BrF2NO/c1-2-3-4-5-6-7-12(19)18-11-9-8-10(16)13(15)14(11)17/h8-9H,2-7H2,1H3,(H,18,19). The first kappa shape index (κ1) is 16.1. The number of halogens is 3. The van der Waals surface area contributed by atoms with Gasteiger partial charge in [0, 0.05) is 6.42 Å². The van der Waals surface area contributed by atoms with E-state index in [1.165, 1.54) is 12.5 Å². The van der Waals surface area contributed by atoms with Gasteiger partial charge in [-0.3, -0.25) is 4.79 Å². The van der Waals surface area contributed by atoms with Crippen LogP contribution in [0.2, 0.25) is 0 Å². The molecule has 1 N–H and O–H groups in total. The molecule has 0 bridgehead atoms. The summed E-state index contributed by atoms with van der Waals surface area (Å²) >= 11 is 2.80. The number of unbranched alkanes of at least 4 members (excludes halogenated alkanes) is 4. The number of benzene rings is 1. The molecule has 0 unspecified atom stereocenters. The van der Waals surface area contributed by atoms with Crippen molar-refractivity contribution in [1.82, 2.24) is 0 Å². The molecule has 0 saturated heterocycles. The first-order valence-corrected chi connectivity index (χ1v) is 7.29. The zero-order valence-electron chi connectivity index (χ0n) is 10.9. The summed E-state index contributed by atoms with van der Waals surface area (Å²) in [5, 5.41) is 2.46. The number of amides is 1. The van der Waals surface area contributed by atoms with Gasteiger partial charge in [-0.1, -0.05) is 32.6 Å². The van der Waals surface area contributed by atoms with Crippen molar-refractivity contribution in [2.24, 2.45) is 0 Å². The predicted octanol–water partition coefficient (Wildman–Crippen LogP) is 5.03. The number of rotatable bonds is 7. The first-order chi connectivity index (χ1) is 9.06. The first-order valence-electron chi connectivity index (χ1n) is 6.49. The molecule has 0 saturated carbocycles. The average Bonchev–Trinajstić information content (AvgIpc) is 2.39. The zero-order valence-corrected chi connectivity index (χ0v) is 12.5. The molecule has 0 aliphatic heterocycles. The lowest BCUT2D eigenvalue weighted by molar-refractivity contribution is -0.116. The maximum atomic E-state index is 13.6. The molecule has 0 heterocycles. The van der Waals surface area contributed by atoms with Gasteiger partial charge < -0.3 is 5.32 Å². The van der Waals surface area contributed by atoms with E-state index < -0.39 is 11.6 Å². The maximum absolute atomic E-state index is 13.6. The third-order valence-corrected chi connectivity index (χ3v) is 3.54. The summed E-state index contributed by atoms with van der Waals surface area (Å²) in [6.07, 6.45) is 5.58. The Morgan fingerprint density at radius 2 is 1.89 bits per heavy atom. The molecule has 0 aliphatic rings. The topological polar surface area (TPSA) is 29.1 Å². The van der Waals surface area contributed by atoms with Crippen LogP contribution in [-0.4, -0.2) is 5.91 Å². The van der Waals surface area contributed by atoms with Crippen molar-refractivity contribution in [3.05, 3.63) is 28.2 Å². The molecule has 0 atom stereocenters. The molecule has 0 fully saturated rings. The van der Waals surface area contributed by atoms with Crippen LogP contribution in [0.1, 0.15) is 45.4 Å². The molecule has 0 radical (unpaired) electrons. The van der Waals surface area contributed by atoms with Crippen LogP contribution in [-0.2, 0) is 4.79 Å². The molecule has 1 amide bonds. The van der Waals surface area contributed by atoms with Gasteiger partial charge in [0.25, 0.3) is 0 Å². The summed E-state index contributed by atoms with van der Waals surface area (Å²) < 4.78 is 26.4. The van der Waals surface area contributed by atoms with E-state index in [1.54, 1.807) is 0 Å². The van der Waals surface area contributed by atoms with Gasteiger partial charge in [-0.05, 0) is 34.5 Å². The van der Waals surface area contributed by atoms with Crippen molar-refractivity contribution in [2.45, 2.75) is 45.4 Å². The van der Waals surface area contributed by atoms with Gasteiger partial charge in [0.05, 0.1) is 10.2 Å². The summed E-state index contributed by atoms with van der Waals surface area (Å²) in [6, 6.07) is 2.34. The Morgan fingerprint density at radius 1 is 1.21 bits per heavy atom. The molecular formula is C14H18BrF2NO. The van der Waals surface area contributed by atoms with Gasteiger partial charge in [0.15, 0.2) is 5.82 Å². The van der Waals surface area contributed by atoms with E-state index >= 15 is 0 Å². The molecule has 0 aromatic heterocycles. The monoisotopic (exact) mass is 333 g/mol. The summed E-state index contributed by atoms with van der Waals surface area (Å²) in [5.74, 6) is -1.71. The normalized spacial score (nSPS) is 10.5. The third kappa shape index (κ3) is 5.27. The minimum absolute atomic E-state index is 0.00633. The van der Waals surface area contributed by atoms with Crippen LogP contribution in [0.25, 0.3) is 0 Å². The van der Waals surface area contributed by atoms with Crippen LogP contribution in [0.4, 0.5) is 14.5 Å². The van der Waals surface area contributed by atoms with E-state index in [9.17, 15) is 13.6 Å². The van der Waals surface area contributed by atoms with E-state index in [4.69, 9.17) is 0 Å². The minimum atomic E-state index is -0.778. The Hall–Kier alpha value is -0.970. The van der Waals surface area contributed by atoms with Crippen LogP contribution in [0, 0.1) is 11.6 Å². The summed E-state index contributed by atoms with van der Waals surface area (Å²) in [4.78, 5) is 11.6. The SMILES string of the molecule is CCCCCCCC(=O)Nc1ccc(F)c(Br)c1F. The Labute approximate surface area is 120 Å². The van der Waals surface area contributed by atoms with Gasteiger partial charge in [0.2, 0.25) is 5.91 Å². The highest BCUT2D eigenvalue weighted by atomic mass is 79.9. The molecule has 1 rings (SSSR count). The van der Waals surface area contributed by atoms with Gasteiger partial charge in [0.1, 0.15) is 5.82 Å². The van der Waals surface area contributed by atoms with Gasteiger partial charge in [-0.25, -0.2) is 8.78 Å². The fraction of sp³-hybridized carbons (Fsp3) is 0.500. The lowest BCUT2D eigenvalue weighted by Crippen LogP contribution is -2.12. The molecular weight excluding hydrogens is 316 g/mol. The Kier molecular flexibility index (Phi) is 6.99. The number of carbonyl (C=O) groups excluding carboxylic acids is 1. The van der Waals surface area contributed by atoms with Gasteiger partial charge >= 0.3 is 0 Å². The second-order valence-electron chi connectivity index (χ2n) is 4.44. The predicted molar refractivity (Wildman–Crippen MR) is 76.1 cm³/mol. The van der Waals surface area contributed by atoms with E-state index in [-0.39, 0.29) is 16.1 Å². The van der Waals surface area contributed by atoms with Crippen molar-refractivity contribution >= 4 is 27.5 Å². The van der Waals surface area contributed by atoms with Crippen LogP contribution in [0.5, 0.6) is 0 Å². The molecule has 2 nitrogen and oxygen atoms in total. The Morgan fingerprint density at radius 3 is 2.58 bits per heavy atom. The third-order valence-electron chi connectivity index (χ3n) is 2.82. The molecule has 0 spiro atoms. The lowest BCUT2D eigenvalue weighted by atomic mass is 10.1. The van der Waals surface area contributed by atoms with E-state index in [2.05, 4.69) is 28.2 Å². The molecule has 106 valence electrons. The van der Waals surface area contributed by atoms with Crippen molar-refractivity contribution in [2.75, 3.05) is 5.32 Å².